The number of hydrogen-bond acceptors (Lipinski definition) is 3. The van der Waals surface area contributed by atoms with E-state index in [9.17, 15) is 5.26 Å². The number of hydrogen-bond donors (Lipinski definition) is 0. The summed E-state index contributed by atoms with van der Waals surface area (Å²) < 4.78 is 0. The second-order valence-electron chi connectivity index (χ2n) is 4.95. The maximum Gasteiger partial charge on any atom is 0.110 e. The van der Waals surface area contributed by atoms with Gasteiger partial charge in [0.1, 0.15) is 5.54 Å². The van der Waals surface area contributed by atoms with Crippen molar-refractivity contribution in [2.24, 2.45) is 5.92 Å². The highest BCUT2D eigenvalue weighted by molar-refractivity contribution is 7.99. The molecule has 15 heavy (non-hydrogen) atoms. The molecule has 0 bridgehead atoms. The van der Waals surface area contributed by atoms with Crippen molar-refractivity contribution in [3.05, 3.63) is 0 Å². The van der Waals surface area contributed by atoms with Gasteiger partial charge in [0.25, 0.3) is 0 Å². The lowest BCUT2D eigenvalue weighted by molar-refractivity contribution is 0.0779. The van der Waals surface area contributed by atoms with Gasteiger partial charge in [-0.1, -0.05) is 6.92 Å². The van der Waals surface area contributed by atoms with Gasteiger partial charge >= 0.3 is 0 Å². The highest BCUT2D eigenvalue weighted by Gasteiger charge is 2.39. The average Bonchev–Trinajstić information content (AvgIpc) is 2.30. The normalized spacial score (nSPS) is 32.1. The molecule has 2 heterocycles. The Morgan fingerprint density at radius 1 is 1.40 bits per heavy atom. The highest BCUT2D eigenvalue weighted by atomic mass is 32.2. The molecule has 0 aliphatic carbocycles. The first-order valence-electron chi connectivity index (χ1n) is 6.01. The topological polar surface area (TPSA) is 27.0 Å². The van der Waals surface area contributed by atoms with Crippen LogP contribution >= 0.6 is 11.8 Å². The molecule has 0 aromatic heterocycles. The quantitative estimate of drug-likeness (QED) is 0.685. The summed E-state index contributed by atoms with van der Waals surface area (Å²) in [5, 5.41) is 9.48. The molecule has 2 saturated heterocycles. The molecule has 2 aliphatic rings. The van der Waals surface area contributed by atoms with Crippen molar-refractivity contribution >= 4 is 11.8 Å². The molecule has 0 unspecified atom stereocenters. The molecule has 2 rings (SSSR count). The summed E-state index contributed by atoms with van der Waals surface area (Å²) in [6.07, 6.45) is 4.76. The van der Waals surface area contributed by atoms with Crippen molar-refractivity contribution in [2.45, 2.75) is 38.1 Å². The van der Waals surface area contributed by atoms with Gasteiger partial charge < -0.3 is 0 Å². The molecule has 0 saturated carbocycles. The predicted molar refractivity (Wildman–Crippen MR) is 64.9 cm³/mol. The minimum Gasteiger partial charge on any atom is -0.285 e. The fourth-order valence-electron chi connectivity index (χ4n) is 2.79. The first-order valence-corrected chi connectivity index (χ1v) is 7.16. The third-order valence-corrected chi connectivity index (χ3v) is 4.78. The Hall–Kier alpha value is -0.200. The molecule has 0 aromatic carbocycles. The summed E-state index contributed by atoms with van der Waals surface area (Å²) in [6.45, 7) is 4.59. The maximum absolute atomic E-state index is 9.48. The van der Waals surface area contributed by atoms with Gasteiger partial charge in [-0.05, 0) is 49.7 Å². The van der Waals surface area contributed by atoms with Crippen LogP contribution in [-0.2, 0) is 0 Å². The lowest BCUT2D eigenvalue weighted by Gasteiger charge is -2.44. The van der Waals surface area contributed by atoms with Gasteiger partial charge in [-0.2, -0.15) is 17.0 Å². The largest absolute Gasteiger partial charge is 0.285 e. The Bertz CT molecular complexity index is 253. The van der Waals surface area contributed by atoms with E-state index in [0.717, 1.165) is 31.8 Å². The SMILES string of the molecule is C[C@H]1CCCN(C2(C#N)CCSCC2)C1. The number of piperidine rings is 1. The number of likely N-dealkylation sites (tertiary alicyclic amines) is 1. The summed E-state index contributed by atoms with van der Waals surface area (Å²) in [6, 6.07) is 2.62. The maximum atomic E-state index is 9.48. The van der Waals surface area contributed by atoms with Crippen molar-refractivity contribution in [3.63, 3.8) is 0 Å². The van der Waals surface area contributed by atoms with E-state index in [-0.39, 0.29) is 5.54 Å². The van der Waals surface area contributed by atoms with Crippen molar-refractivity contribution < 1.29 is 0 Å². The molecule has 2 nitrogen and oxygen atoms in total. The Labute approximate surface area is 97.0 Å². The van der Waals surface area contributed by atoms with Gasteiger partial charge in [-0.25, -0.2) is 0 Å². The third-order valence-electron chi connectivity index (χ3n) is 3.79. The number of nitrogens with zero attached hydrogens (tertiary/aromatic N) is 2. The Morgan fingerprint density at radius 2 is 2.13 bits per heavy atom. The zero-order chi connectivity index (χ0) is 10.7. The van der Waals surface area contributed by atoms with Crippen molar-refractivity contribution in [1.29, 1.82) is 5.26 Å². The Kier molecular flexibility index (Phi) is 3.58. The van der Waals surface area contributed by atoms with Crippen LogP contribution in [0, 0.1) is 17.2 Å². The van der Waals surface area contributed by atoms with Gasteiger partial charge in [-0.3, -0.25) is 4.90 Å². The number of nitriles is 1. The molecule has 84 valence electrons. The van der Waals surface area contributed by atoms with Crippen LogP contribution in [0.2, 0.25) is 0 Å². The molecule has 0 amide bonds. The summed E-state index contributed by atoms with van der Waals surface area (Å²) >= 11 is 2.00. The second kappa shape index (κ2) is 4.76. The van der Waals surface area contributed by atoms with Crippen LogP contribution in [0.4, 0.5) is 0 Å². The van der Waals surface area contributed by atoms with E-state index in [1.165, 1.54) is 24.3 Å². The smallest absolute Gasteiger partial charge is 0.110 e. The van der Waals surface area contributed by atoms with E-state index in [2.05, 4.69) is 17.9 Å². The number of rotatable bonds is 1. The Balaban J connectivity index is 2.07. The Morgan fingerprint density at radius 3 is 2.73 bits per heavy atom. The molecule has 0 spiro atoms. The lowest BCUT2D eigenvalue weighted by Crippen LogP contribution is -2.53. The second-order valence-corrected chi connectivity index (χ2v) is 6.17. The van der Waals surface area contributed by atoms with Crippen molar-refractivity contribution in [1.82, 2.24) is 4.90 Å². The summed E-state index contributed by atoms with van der Waals surface area (Å²) in [4.78, 5) is 2.47. The van der Waals surface area contributed by atoms with Crippen LogP contribution in [0.3, 0.4) is 0 Å². The molecular weight excluding hydrogens is 204 g/mol. The van der Waals surface area contributed by atoms with Crippen LogP contribution in [0.25, 0.3) is 0 Å². The molecule has 0 radical (unpaired) electrons. The zero-order valence-corrected chi connectivity index (χ0v) is 10.4. The molecule has 0 aromatic rings. The third kappa shape index (κ3) is 2.32. The van der Waals surface area contributed by atoms with Crippen LogP contribution in [-0.4, -0.2) is 35.0 Å². The van der Waals surface area contributed by atoms with Crippen LogP contribution in [0.5, 0.6) is 0 Å². The van der Waals surface area contributed by atoms with Crippen molar-refractivity contribution in [3.8, 4) is 6.07 Å². The summed E-state index contributed by atoms with van der Waals surface area (Å²) in [5.41, 5.74) is -0.111. The van der Waals surface area contributed by atoms with E-state index in [0.29, 0.717) is 0 Å². The standard InChI is InChI=1S/C12H20N2S/c1-11-3-2-6-14(9-11)12(10-13)4-7-15-8-5-12/h11H,2-9H2,1H3/t11-/m0/s1. The van der Waals surface area contributed by atoms with Gasteiger partial charge in [0.15, 0.2) is 0 Å². The molecule has 3 heteroatoms. The van der Waals surface area contributed by atoms with Gasteiger partial charge in [-0.15, -0.1) is 0 Å². The van der Waals surface area contributed by atoms with Gasteiger partial charge in [0.2, 0.25) is 0 Å². The average molecular weight is 224 g/mol. The first kappa shape index (κ1) is 11.3. The molecule has 1 atom stereocenters. The molecule has 2 fully saturated rings. The van der Waals surface area contributed by atoms with Crippen LogP contribution in [0.1, 0.15) is 32.6 Å². The fraction of sp³-hybridized carbons (Fsp3) is 0.917. The van der Waals surface area contributed by atoms with E-state index >= 15 is 0 Å². The van der Waals surface area contributed by atoms with Crippen LogP contribution < -0.4 is 0 Å². The van der Waals surface area contributed by atoms with E-state index in [4.69, 9.17) is 0 Å². The van der Waals surface area contributed by atoms with E-state index in [1.54, 1.807) is 0 Å². The molecule has 0 N–H and O–H groups in total. The minimum absolute atomic E-state index is 0.111. The van der Waals surface area contributed by atoms with Gasteiger partial charge in [0.05, 0.1) is 6.07 Å². The summed E-state index contributed by atoms with van der Waals surface area (Å²) in [7, 11) is 0. The zero-order valence-electron chi connectivity index (χ0n) is 9.54. The molecule has 2 aliphatic heterocycles. The monoisotopic (exact) mass is 224 g/mol. The van der Waals surface area contributed by atoms with E-state index < -0.39 is 0 Å². The lowest BCUT2D eigenvalue weighted by atomic mass is 9.87. The van der Waals surface area contributed by atoms with E-state index in [1.807, 2.05) is 11.8 Å². The first-order chi connectivity index (χ1) is 7.27. The molecular formula is C12H20N2S. The number of thioether (sulfide) groups is 1. The fourth-order valence-corrected chi connectivity index (χ4v) is 3.95. The minimum atomic E-state index is -0.111. The predicted octanol–water partition coefficient (Wildman–Crippen LogP) is 2.51. The highest BCUT2D eigenvalue weighted by Crippen LogP contribution is 2.34. The van der Waals surface area contributed by atoms with Crippen molar-refractivity contribution in [2.75, 3.05) is 24.6 Å². The summed E-state index contributed by atoms with van der Waals surface area (Å²) in [5.74, 6) is 3.11. The van der Waals surface area contributed by atoms with Crippen LogP contribution in [0.15, 0.2) is 0 Å². The van der Waals surface area contributed by atoms with Gasteiger partial charge in [0, 0.05) is 6.54 Å².